The van der Waals surface area contributed by atoms with Crippen molar-refractivity contribution < 1.29 is 23.8 Å². The number of methoxy groups -OCH3 is 1. The van der Waals surface area contributed by atoms with Crippen molar-refractivity contribution in [3.8, 4) is 11.5 Å². The Kier molecular flexibility index (Phi) is 7.49. The summed E-state index contributed by atoms with van der Waals surface area (Å²) >= 11 is 0. The second-order valence-corrected chi connectivity index (χ2v) is 5.60. The van der Waals surface area contributed by atoms with Gasteiger partial charge < -0.3 is 19.5 Å². The maximum Gasteiger partial charge on any atom is 0.309 e. The molecule has 0 fully saturated rings. The average Bonchev–Trinajstić information content (AvgIpc) is 2.67. The lowest BCUT2D eigenvalue weighted by molar-refractivity contribution is -0.149. The molecule has 1 amide bonds. The summed E-state index contributed by atoms with van der Waals surface area (Å²) in [7, 11) is 1.58. The van der Waals surface area contributed by atoms with Gasteiger partial charge in [-0.25, -0.2) is 0 Å². The van der Waals surface area contributed by atoms with Gasteiger partial charge in [-0.05, 0) is 25.1 Å². The standard InChI is InChI=1S/C20H23NO5/c1-15(17-10-6-7-11-18(17)24-2)21-19(22)14-26-20(23)12-13-25-16-8-4-3-5-9-16/h3-11,15H,12-14H2,1-2H3,(H,21,22). The summed E-state index contributed by atoms with van der Waals surface area (Å²) in [5.74, 6) is 0.515. The Bertz CT molecular complexity index is 717. The van der Waals surface area contributed by atoms with E-state index in [-0.39, 0.29) is 31.6 Å². The van der Waals surface area contributed by atoms with Crippen LogP contribution in [-0.2, 0) is 14.3 Å². The third kappa shape index (κ3) is 6.12. The van der Waals surface area contributed by atoms with Crippen LogP contribution in [0.25, 0.3) is 0 Å². The monoisotopic (exact) mass is 357 g/mol. The molecule has 6 nitrogen and oxygen atoms in total. The van der Waals surface area contributed by atoms with Crippen LogP contribution in [0.3, 0.4) is 0 Å². The molecule has 0 aromatic heterocycles. The van der Waals surface area contributed by atoms with E-state index in [1.165, 1.54) is 0 Å². The Balaban J connectivity index is 1.70. The van der Waals surface area contributed by atoms with E-state index in [0.29, 0.717) is 11.5 Å². The van der Waals surface area contributed by atoms with Crippen LogP contribution in [-0.4, -0.2) is 32.2 Å². The summed E-state index contributed by atoms with van der Waals surface area (Å²) in [6, 6.07) is 16.3. The lowest BCUT2D eigenvalue weighted by Crippen LogP contribution is -2.31. The molecule has 0 radical (unpaired) electrons. The number of benzene rings is 2. The molecule has 6 heteroatoms. The minimum absolute atomic E-state index is 0.0736. The third-order valence-corrected chi connectivity index (χ3v) is 3.67. The van der Waals surface area contributed by atoms with E-state index in [4.69, 9.17) is 14.2 Å². The molecule has 2 aromatic rings. The molecule has 0 saturated heterocycles. The number of nitrogens with one attached hydrogen (secondary N) is 1. The molecular formula is C20H23NO5. The summed E-state index contributed by atoms with van der Waals surface area (Å²) in [5.41, 5.74) is 0.853. The van der Waals surface area contributed by atoms with E-state index >= 15 is 0 Å². The first-order valence-electron chi connectivity index (χ1n) is 8.36. The fourth-order valence-corrected chi connectivity index (χ4v) is 2.37. The molecule has 0 aliphatic carbocycles. The average molecular weight is 357 g/mol. The van der Waals surface area contributed by atoms with Crippen LogP contribution in [0.15, 0.2) is 54.6 Å². The van der Waals surface area contributed by atoms with E-state index in [1.807, 2.05) is 49.4 Å². The van der Waals surface area contributed by atoms with Gasteiger partial charge in [0.1, 0.15) is 11.5 Å². The molecule has 138 valence electrons. The van der Waals surface area contributed by atoms with E-state index in [0.717, 1.165) is 5.56 Å². The summed E-state index contributed by atoms with van der Waals surface area (Å²) in [6.07, 6.45) is 0.0736. The second kappa shape index (κ2) is 10.1. The van der Waals surface area contributed by atoms with Gasteiger partial charge in [-0.1, -0.05) is 36.4 Å². The Morgan fingerprint density at radius 1 is 1.04 bits per heavy atom. The van der Waals surface area contributed by atoms with Gasteiger partial charge in [-0.3, -0.25) is 9.59 Å². The van der Waals surface area contributed by atoms with Gasteiger partial charge in [0.05, 0.1) is 26.2 Å². The minimum Gasteiger partial charge on any atom is -0.496 e. The number of ether oxygens (including phenoxy) is 3. The van der Waals surface area contributed by atoms with E-state index in [9.17, 15) is 9.59 Å². The number of carbonyl (C=O) groups is 2. The maximum atomic E-state index is 12.0. The van der Waals surface area contributed by atoms with Gasteiger partial charge in [0.15, 0.2) is 6.61 Å². The lowest BCUT2D eigenvalue weighted by Gasteiger charge is -2.17. The Hall–Kier alpha value is -3.02. The highest BCUT2D eigenvalue weighted by atomic mass is 16.5. The van der Waals surface area contributed by atoms with Crippen LogP contribution < -0.4 is 14.8 Å². The van der Waals surface area contributed by atoms with Crippen LogP contribution in [0.2, 0.25) is 0 Å². The first-order valence-corrected chi connectivity index (χ1v) is 8.36. The number of amides is 1. The van der Waals surface area contributed by atoms with E-state index in [1.54, 1.807) is 19.2 Å². The van der Waals surface area contributed by atoms with Crippen molar-refractivity contribution in [3.63, 3.8) is 0 Å². The zero-order valence-electron chi connectivity index (χ0n) is 14.9. The van der Waals surface area contributed by atoms with E-state index < -0.39 is 5.97 Å². The second-order valence-electron chi connectivity index (χ2n) is 5.60. The Labute approximate surface area is 153 Å². The van der Waals surface area contributed by atoms with E-state index in [2.05, 4.69) is 5.32 Å². The molecule has 2 rings (SSSR count). The highest BCUT2D eigenvalue weighted by molar-refractivity contribution is 5.80. The summed E-state index contributed by atoms with van der Waals surface area (Å²) in [4.78, 5) is 23.7. The topological polar surface area (TPSA) is 73.9 Å². The molecule has 0 aliphatic heterocycles. The van der Waals surface area contributed by atoms with Crippen LogP contribution in [0.4, 0.5) is 0 Å². The van der Waals surface area contributed by atoms with Crippen LogP contribution in [0.1, 0.15) is 24.9 Å². The number of esters is 1. The highest BCUT2D eigenvalue weighted by Crippen LogP contribution is 2.24. The van der Waals surface area contributed by atoms with Crippen LogP contribution >= 0.6 is 0 Å². The summed E-state index contributed by atoms with van der Waals surface area (Å²) < 4.78 is 15.7. The molecule has 0 heterocycles. The molecule has 0 aliphatic rings. The number of hydrogen-bond acceptors (Lipinski definition) is 5. The van der Waals surface area contributed by atoms with Crippen molar-refractivity contribution in [2.75, 3.05) is 20.3 Å². The van der Waals surface area contributed by atoms with Gasteiger partial charge in [0.2, 0.25) is 0 Å². The third-order valence-electron chi connectivity index (χ3n) is 3.67. The number of carbonyl (C=O) groups excluding carboxylic acids is 2. The lowest BCUT2D eigenvalue weighted by atomic mass is 10.1. The highest BCUT2D eigenvalue weighted by Gasteiger charge is 2.15. The number of rotatable bonds is 9. The van der Waals surface area contributed by atoms with Gasteiger partial charge in [-0.2, -0.15) is 0 Å². The molecular weight excluding hydrogens is 334 g/mol. The van der Waals surface area contributed by atoms with Gasteiger partial charge in [0, 0.05) is 5.56 Å². The minimum atomic E-state index is -0.485. The fraction of sp³-hybridized carbons (Fsp3) is 0.300. The van der Waals surface area contributed by atoms with Crippen molar-refractivity contribution in [3.05, 3.63) is 60.2 Å². The zero-order chi connectivity index (χ0) is 18.8. The zero-order valence-corrected chi connectivity index (χ0v) is 14.9. The van der Waals surface area contributed by atoms with Gasteiger partial charge in [-0.15, -0.1) is 0 Å². The Morgan fingerprint density at radius 3 is 2.46 bits per heavy atom. The number of hydrogen-bond donors (Lipinski definition) is 1. The van der Waals surface area contributed by atoms with Crippen molar-refractivity contribution >= 4 is 11.9 Å². The molecule has 1 atom stereocenters. The molecule has 2 aromatic carbocycles. The smallest absolute Gasteiger partial charge is 0.309 e. The van der Waals surface area contributed by atoms with Crippen molar-refractivity contribution in [1.82, 2.24) is 5.32 Å². The van der Waals surface area contributed by atoms with Crippen LogP contribution in [0, 0.1) is 0 Å². The quantitative estimate of drug-likeness (QED) is 0.699. The maximum absolute atomic E-state index is 12.0. The fourth-order valence-electron chi connectivity index (χ4n) is 2.37. The molecule has 1 N–H and O–H groups in total. The summed E-state index contributed by atoms with van der Waals surface area (Å²) in [5, 5.41) is 2.78. The van der Waals surface area contributed by atoms with Crippen molar-refractivity contribution in [2.24, 2.45) is 0 Å². The molecule has 1 unspecified atom stereocenters. The first-order chi connectivity index (χ1) is 12.6. The number of para-hydroxylation sites is 2. The normalized spacial score (nSPS) is 11.3. The SMILES string of the molecule is COc1ccccc1C(C)NC(=O)COC(=O)CCOc1ccccc1. The van der Waals surface area contributed by atoms with Crippen LogP contribution in [0.5, 0.6) is 11.5 Å². The summed E-state index contributed by atoms with van der Waals surface area (Å²) in [6.45, 7) is 1.71. The molecule has 26 heavy (non-hydrogen) atoms. The van der Waals surface area contributed by atoms with Crippen molar-refractivity contribution in [2.45, 2.75) is 19.4 Å². The Morgan fingerprint density at radius 2 is 1.73 bits per heavy atom. The first kappa shape index (κ1) is 19.3. The largest absolute Gasteiger partial charge is 0.496 e. The predicted octanol–water partition coefficient (Wildman–Crippen LogP) is 2.88. The van der Waals surface area contributed by atoms with Gasteiger partial charge >= 0.3 is 5.97 Å². The predicted molar refractivity (Wildman–Crippen MR) is 97.1 cm³/mol. The molecule has 0 bridgehead atoms. The molecule has 0 saturated carbocycles. The molecule has 0 spiro atoms. The van der Waals surface area contributed by atoms with Gasteiger partial charge in [0.25, 0.3) is 5.91 Å². The van der Waals surface area contributed by atoms with Crippen molar-refractivity contribution in [1.29, 1.82) is 0 Å².